The normalized spacial score (nSPS) is 12.5. The summed E-state index contributed by atoms with van der Waals surface area (Å²) in [5, 5.41) is 12.1. The van der Waals surface area contributed by atoms with Crippen LogP contribution < -0.4 is 5.32 Å². The van der Waals surface area contributed by atoms with Crippen LogP contribution in [0.5, 0.6) is 0 Å². The molecule has 0 aliphatic rings. The summed E-state index contributed by atoms with van der Waals surface area (Å²) in [6, 6.07) is 6.12. The number of para-hydroxylation sites is 1. The smallest absolute Gasteiger partial charge is 0.238 e. The van der Waals surface area contributed by atoms with Crippen molar-refractivity contribution >= 4 is 11.6 Å². The van der Waals surface area contributed by atoms with Gasteiger partial charge in [0.05, 0.1) is 13.2 Å². The van der Waals surface area contributed by atoms with E-state index in [-0.39, 0.29) is 25.1 Å². The Balaban J connectivity index is 2.80. The van der Waals surface area contributed by atoms with Gasteiger partial charge >= 0.3 is 0 Å². The summed E-state index contributed by atoms with van der Waals surface area (Å²) in [5.74, 6) is -0.0385. The van der Waals surface area contributed by atoms with Crippen LogP contribution in [0.25, 0.3) is 0 Å². The molecular weight excluding hydrogens is 252 g/mol. The number of aliphatic hydroxyl groups excluding tert-OH is 1. The van der Waals surface area contributed by atoms with E-state index in [0.717, 1.165) is 29.7 Å². The van der Waals surface area contributed by atoms with E-state index in [9.17, 15) is 4.79 Å². The van der Waals surface area contributed by atoms with Gasteiger partial charge in [0.25, 0.3) is 0 Å². The van der Waals surface area contributed by atoms with Crippen LogP contribution in [0, 0.1) is 0 Å². The van der Waals surface area contributed by atoms with E-state index >= 15 is 0 Å². The van der Waals surface area contributed by atoms with Gasteiger partial charge in [0.2, 0.25) is 5.91 Å². The number of aliphatic hydroxyl groups is 1. The molecule has 0 saturated carbocycles. The van der Waals surface area contributed by atoms with Crippen LogP contribution in [0.1, 0.15) is 31.9 Å². The van der Waals surface area contributed by atoms with Gasteiger partial charge in [-0.1, -0.05) is 32.0 Å². The van der Waals surface area contributed by atoms with Crippen LogP contribution in [0.4, 0.5) is 5.69 Å². The van der Waals surface area contributed by atoms with Crippen molar-refractivity contribution in [3.8, 4) is 0 Å². The SMILES string of the molecule is CCc1cccc(CC)c1NC(=O)CN(C)C(C)CO. The molecule has 20 heavy (non-hydrogen) atoms. The van der Waals surface area contributed by atoms with Gasteiger partial charge in [0, 0.05) is 11.7 Å². The quantitative estimate of drug-likeness (QED) is 0.803. The van der Waals surface area contributed by atoms with Gasteiger partial charge in [0.15, 0.2) is 0 Å². The van der Waals surface area contributed by atoms with Gasteiger partial charge in [-0.2, -0.15) is 0 Å². The van der Waals surface area contributed by atoms with E-state index in [1.54, 1.807) is 0 Å². The zero-order valence-electron chi connectivity index (χ0n) is 12.9. The van der Waals surface area contributed by atoms with E-state index in [4.69, 9.17) is 5.11 Å². The second-order valence-electron chi connectivity index (χ2n) is 5.15. The number of hydrogen-bond acceptors (Lipinski definition) is 3. The first kappa shape index (κ1) is 16.7. The fraction of sp³-hybridized carbons (Fsp3) is 0.562. The standard InChI is InChI=1S/C16H26N2O2/c1-5-13-8-7-9-14(6-2)16(13)17-15(20)10-18(4)12(3)11-19/h7-9,12,19H,5-6,10-11H2,1-4H3,(H,17,20). The van der Waals surface area contributed by atoms with Crippen molar-refractivity contribution in [2.24, 2.45) is 0 Å². The maximum absolute atomic E-state index is 12.1. The Morgan fingerprint density at radius 2 is 1.85 bits per heavy atom. The van der Waals surface area contributed by atoms with Gasteiger partial charge in [-0.25, -0.2) is 0 Å². The summed E-state index contributed by atoms with van der Waals surface area (Å²) >= 11 is 0. The molecule has 1 aromatic rings. The Bertz CT molecular complexity index is 424. The minimum atomic E-state index is -0.0385. The first-order valence-corrected chi connectivity index (χ1v) is 7.25. The van der Waals surface area contributed by atoms with Crippen molar-refractivity contribution < 1.29 is 9.90 Å². The number of aryl methyl sites for hydroxylation is 2. The molecule has 0 spiro atoms. The Kier molecular flexibility index (Phi) is 6.68. The molecule has 1 rings (SSSR count). The molecule has 1 unspecified atom stereocenters. The lowest BCUT2D eigenvalue weighted by Crippen LogP contribution is -2.38. The summed E-state index contributed by atoms with van der Waals surface area (Å²) in [4.78, 5) is 14.0. The predicted octanol–water partition coefficient (Wildman–Crippen LogP) is 2.06. The van der Waals surface area contributed by atoms with Gasteiger partial charge in [-0.15, -0.1) is 0 Å². The first-order valence-electron chi connectivity index (χ1n) is 7.25. The Morgan fingerprint density at radius 1 is 1.30 bits per heavy atom. The highest BCUT2D eigenvalue weighted by Gasteiger charge is 2.14. The highest BCUT2D eigenvalue weighted by molar-refractivity contribution is 5.93. The van der Waals surface area contributed by atoms with Crippen molar-refractivity contribution in [2.75, 3.05) is 25.5 Å². The number of amides is 1. The van der Waals surface area contributed by atoms with Crippen molar-refractivity contribution in [3.05, 3.63) is 29.3 Å². The molecule has 0 radical (unpaired) electrons. The second kappa shape index (κ2) is 8.02. The third kappa shape index (κ3) is 4.32. The number of benzene rings is 1. The summed E-state index contributed by atoms with van der Waals surface area (Å²) in [6.07, 6.45) is 1.79. The lowest BCUT2D eigenvalue weighted by atomic mass is 10.0. The maximum atomic E-state index is 12.1. The number of carbonyl (C=O) groups excluding carboxylic acids is 1. The van der Waals surface area contributed by atoms with E-state index in [2.05, 4.69) is 31.3 Å². The molecule has 4 heteroatoms. The average Bonchev–Trinajstić information content (AvgIpc) is 2.46. The number of anilines is 1. The van der Waals surface area contributed by atoms with Crippen molar-refractivity contribution in [1.82, 2.24) is 4.90 Å². The van der Waals surface area contributed by atoms with Crippen LogP contribution >= 0.6 is 0 Å². The molecule has 0 aliphatic heterocycles. The fourth-order valence-electron chi connectivity index (χ4n) is 2.10. The van der Waals surface area contributed by atoms with Gasteiger partial charge in [-0.05, 0) is 37.9 Å². The highest BCUT2D eigenvalue weighted by Crippen LogP contribution is 2.22. The molecule has 0 bridgehead atoms. The number of carbonyl (C=O) groups is 1. The van der Waals surface area contributed by atoms with Crippen molar-refractivity contribution in [2.45, 2.75) is 39.7 Å². The third-order valence-electron chi connectivity index (χ3n) is 3.67. The van der Waals surface area contributed by atoms with E-state index in [1.165, 1.54) is 0 Å². The molecule has 0 aliphatic carbocycles. The average molecular weight is 278 g/mol. The lowest BCUT2D eigenvalue weighted by molar-refractivity contribution is -0.117. The minimum Gasteiger partial charge on any atom is -0.395 e. The monoisotopic (exact) mass is 278 g/mol. The van der Waals surface area contributed by atoms with Crippen LogP contribution in [0.2, 0.25) is 0 Å². The van der Waals surface area contributed by atoms with Crippen LogP contribution in [0.3, 0.4) is 0 Å². The predicted molar refractivity (Wildman–Crippen MR) is 83.0 cm³/mol. The zero-order chi connectivity index (χ0) is 15.1. The number of hydrogen-bond donors (Lipinski definition) is 2. The molecule has 0 heterocycles. The molecule has 0 fully saturated rings. The summed E-state index contributed by atoms with van der Waals surface area (Å²) < 4.78 is 0. The van der Waals surface area contributed by atoms with E-state index in [1.807, 2.05) is 24.9 Å². The fourth-order valence-corrected chi connectivity index (χ4v) is 2.10. The van der Waals surface area contributed by atoms with Crippen molar-refractivity contribution in [1.29, 1.82) is 0 Å². The number of likely N-dealkylation sites (N-methyl/N-ethyl adjacent to an activating group) is 1. The molecule has 1 amide bonds. The maximum Gasteiger partial charge on any atom is 0.238 e. The largest absolute Gasteiger partial charge is 0.395 e. The highest BCUT2D eigenvalue weighted by atomic mass is 16.3. The third-order valence-corrected chi connectivity index (χ3v) is 3.67. The summed E-state index contributed by atoms with van der Waals surface area (Å²) in [6.45, 7) is 6.40. The number of rotatable bonds is 7. The van der Waals surface area contributed by atoms with E-state index in [0.29, 0.717) is 0 Å². The summed E-state index contributed by atoms with van der Waals surface area (Å²) in [7, 11) is 1.84. The molecule has 0 aromatic heterocycles. The van der Waals surface area contributed by atoms with Gasteiger partial charge in [-0.3, -0.25) is 9.69 Å². The zero-order valence-corrected chi connectivity index (χ0v) is 12.9. The molecule has 2 N–H and O–H groups in total. The van der Waals surface area contributed by atoms with Crippen LogP contribution in [-0.4, -0.2) is 42.2 Å². The molecule has 0 saturated heterocycles. The molecule has 1 aromatic carbocycles. The van der Waals surface area contributed by atoms with Gasteiger partial charge < -0.3 is 10.4 Å². The topological polar surface area (TPSA) is 52.6 Å². The Hall–Kier alpha value is -1.39. The van der Waals surface area contributed by atoms with Gasteiger partial charge in [0.1, 0.15) is 0 Å². The first-order chi connectivity index (χ1) is 9.53. The number of nitrogens with zero attached hydrogens (tertiary/aromatic N) is 1. The molecule has 112 valence electrons. The number of nitrogens with one attached hydrogen (secondary N) is 1. The Morgan fingerprint density at radius 3 is 2.30 bits per heavy atom. The van der Waals surface area contributed by atoms with Crippen LogP contribution in [0.15, 0.2) is 18.2 Å². The molecule has 4 nitrogen and oxygen atoms in total. The minimum absolute atomic E-state index is 0.0205. The summed E-state index contributed by atoms with van der Waals surface area (Å²) in [5.41, 5.74) is 3.28. The molecule has 1 atom stereocenters. The van der Waals surface area contributed by atoms with Crippen molar-refractivity contribution in [3.63, 3.8) is 0 Å². The second-order valence-corrected chi connectivity index (χ2v) is 5.15. The van der Waals surface area contributed by atoms with Crippen LogP contribution in [-0.2, 0) is 17.6 Å². The van der Waals surface area contributed by atoms with E-state index < -0.39 is 0 Å². The lowest BCUT2D eigenvalue weighted by Gasteiger charge is -2.23. The molecular formula is C16H26N2O2. The Labute approximate surface area is 121 Å².